The van der Waals surface area contributed by atoms with Gasteiger partial charge in [0.15, 0.2) is 5.96 Å². The van der Waals surface area contributed by atoms with Gasteiger partial charge in [-0.15, -0.1) is 0 Å². The van der Waals surface area contributed by atoms with Gasteiger partial charge in [0.1, 0.15) is 0 Å². The number of nitrogens with two attached hydrogens (primary N) is 1. The van der Waals surface area contributed by atoms with Crippen molar-refractivity contribution in [1.29, 1.82) is 0 Å². The molecule has 1 aliphatic carbocycles. The van der Waals surface area contributed by atoms with Crippen molar-refractivity contribution in [1.82, 2.24) is 5.32 Å². The molecule has 1 aliphatic rings. The van der Waals surface area contributed by atoms with Crippen LogP contribution in [-0.4, -0.2) is 31.8 Å². The van der Waals surface area contributed by atoms with Gasteiger partial charge < -0.3 is 15.8 Å². The topological polar surface area (TPSA) is 59.6 Å². The van der Waals surface area contributed by atoms with E-state index in [1.807, 2.05) is 0 Å². The van der Waals surface area contributed by atoms with Gasteiger partial charge in [0.2, 0.25) is 0 Å². The van der Waals surface area contributed by atoms with Crippen molar-refractivity contribution in [3.8, 4) is 0 Å². The minimum atomic E-state index is 0.326. The molecule has 0 aromatic carbocycles. The van der Waals surface area contributed by atoms with Crippen molar-refractivity contribution >= 4 is 5.96 Å². The molecule has 4 heteroatoms. The van der Waals surface area contributed by atoms with Crippen LogP contribution < -0.4 is 11.1 Å². The highest BCUT2D eigenvalue weighted by molar-refractivity contribution is 5.78. The van der Waals surface area contributed by atoms with Crippen LogP contribution in [0.25, 0.3) is 0 Å². The predicted molar refractivity (Wildman–Crippen MR) is 67.6 cm³/mol. The normalized spacial score (nSPS) is 20.8. The summed E-state index contributed by atoms with van der Waals surface area (Å²) in [6.07, 6.45) is 7.27. The number of methoxy groups -OCH3 is 1. The van der Waals surface area contributed by atoms with Crippen LogP contribution in [-0.2, 0) is 4.74 Å². The molecule has 1 fully saturated rings. The second kappa shape index (κ2) is 7.49. The van der Waals surface area contributed by atoms with Gasteiger partial charge in [-0.2, -0.15) is 0 Å². The average Bonchev–Trinajstić information content (AvgIpc) is 2.27. The SMILES string of the molecule is COCCC(C)NC(N)=NC1CCCCC1. The lowest BCUT2D eigenvalue weighted by Crippen LogP contribution is -2.40. The maximum absolute atomic E-state index is 5.88. The molecule has 0 saturated heterocycles. The molecule has 0 spiro atoms. The van der Waals surface area contributed by atoms with Gasteiger partial charge in [-0.1, -0.05) is 19.3 Å². The molecule has 0 aromatic rings. The number of guanidine groups is 1. The molecule has 0 amide bonds. The lowest BCUT2D eigenvalue weighted by molar-refractivity contribution is 0.187. The molecule has 3 N–H and O–H groups in total. The molecule has 0 aromatic heterocycles. The zero-order valence-corrected chi connectivity index (χ0v) is 10.5. The first kappa shape index (κ1) is 13.3. The van der Waals surface area contributed by atoms with Crippen LogP contribution in [0.4, 0.5) is 0 Å². The summed E-state index contributed by atoms with van der Waals surface area (Å²) < 4.78 is 5.02. The minimum Gasteiger partial charge on any atom is -0.385 e. The van der Waals surface area contributed by atoms with Crippen molar-refractivity contribution in [2.24, 2.45) is 10.7 Å². The Labute approximate surface area is 98.6 Å². The number of aliphatic imine (C=N–C) groups is 1. The van der Waals surface area contributed by atoms with Gasteiger partial charge in [-0.25, -0.2) is 0 Å². The molecule has 94 valence electrons. The van der Waals surface area contributed by atoms with Gasteiger partial charge >= 0.3 is 0 Å². The monoisotopic (exact) mass is 227 g/mol. The summed E-state index contributed by atoms with van der Waals surface area (Å²) in [5.74, 6) is 0.593. The number of nitrogens with zero attached hydrogens (tertiary/aromatic N) is 1. The summed E-state index contributed by atoms with van der Waals surface area (Å²) in [5, 5.41) is 3.21. The fraction of sp³-hybridized carbons (Fsp3) is 0.917. The minimum absolute atomic E-state index is 0.326. The Kier molecular flexibility index (Phi) is 6.23. The fourth-order valence-electron chi connectivity index (χ4n) is 2.06. The van der Waals surface area contributed by atoms with E-state index in [0.717, 1.165) is 13.0 Å². The third-order valence-electron chi connectivity index (χ3n) is 3.05. The maximum atomic E-state index is 5.88. The second-order valence-corrected chi connectivity index (χ2v) is 4.63. The van der Waals surface area contributed by atoms with Crippen LogP contribution in [0.3, 0.4) is 0 Å². The number of hydrogen-bond donors (Lipinski definition) is 2. The second-order valence-electron chi connectivity index (χ2n) is 4.63. The summed E-state index contributed by atoms with van der Waals surface area (Å²) in [7, 11) is 1.71. The van der Waals surface area contributed by atoms with E-state index in [4.69, 9.17) is 10.5 Å². The third kappa shape index (κ3) is 5.35. The summed E-state index contributed by atoms with van der Waals surface area (Å²) in [4.78, 5) is 4.53. The Bertz CT molecular complexity index is 212. The van der Waals surface area contributed by atoms with E-state index in [2.05, 4.69) is 17.2 Å². The Balaban J connectivity index is 2.26. The molecule has 0 aliphatic heterocycles. The van der Waals surface area contributed by atoms with Crippen LogP contribution in [0.2, 0.25) is 0 Å². The number of ether oxygens (including phenoxy) is 1. The summed E-state index contributed by atoms with van der Waals surface area (Å²) in [6, 6.07) is 0.767. The molecule has 16 heavy (non-hydrogen) atoms. The largest absolute Gasteiger partial charge is 0.385 e. The van der Waals surface area contributed by atoms with Gasteiger partial charge in [-0.3, -0.25) is 4.99 Å². The van der Waals surface area contributed by atoms with Gasteiger partial charge in [0.05, 0.1) is 6.04 Å². The molecule has 1 unspecified atom stereocenters. The van der Waals surface area contributed by atoms with Crippen LogP contribution in [0, 0.1) is 0 Å². The summed E-state index contributed by atoms with van der Waals surface area (Å²) >= 11 is 0. The van der Waals surface area contributed by atoms with Crippen molar-refractivity contribution in [3.05, 3.63) is 0 Å². The smallest absolute Gasteiger partial charge is 0.189 e. The Morgan fingerprint density at radius 3 is 2.75 bits per heavy atom. The lowest BCUT2D eigenvalue weighted by Gasteiger charge is -2.20. The van der Waals surface area contributed by atoms with E-state index in [1.165, 1.54) is 32.1 Å². The van der Waals surface area contributed by atoms with E-state index in [9.17, 15) is 0 Å². The van der Waals surface area contributed by atoms with E-state index >= 15 is 0 Å². The highest BCUT2D eigenvalue weighted by atomic mass is 16.5. The highest BCUT2D eigenvalue weighted by Crippen LogP contribution is 2.19. The predicted octanol–water partition coefficient (Wildman–Crippen LogP) is 1.65. The molecular formula is C12H25N3O. The van der Waals surface area contributed by atoms with Gasteiger partial charge in [0, 0.05) is 19.8 Å². The molecule has 1 atom stereocenters. The number of rotatable bonds is 5. The van der Waals surface area contributed by atoms with Crippen molar-refractivity contribution < 1.29 is 4.74 Å². The summed E-state index contributed by atoms with van der Waals surface area (Å²) in [6.45, 7) is 2.85. The van der Waals surface area contributed by atoms with Gasteiger partial charge in [0.25, 0.3) is 0 Å². The fourth-order valence-corrected chi connectivity index (χ4v) is 2.06. The average molecular weight is 227 g/mol. The molecule has 0 heterocycles. The standard InChI is InChI=1S/C12H25N3O/c1-10(8-9-16-2)14-12(13)15-11-6-4-3-5-7-11/h10-11H,3-9H2,1-2H3,(H3,13,14,15). The third-order valence-corrected chi connectivity index (χ3v) is 3.05. The van der Waals surface area contributed by atoms with Crippen LogP contribution in [0.15, 0.2) is 4.99 Å². The van der Waals surface area contributed by atoms with Crippen LogP contribution in [0.5, 0.6) is 0 Å². The first-order valence-electron chi connectivity index (χ1n) is 6.31. The Hall–Kier alpha value is -0.770. The van der Waals surface area contributed by atoms with Crippen molar-refractivity contribution in [2.75, 3.05) is 13.7 Å². The van der Waals surface area contributed by atoms with Crippen LogP contribution in [0.1, 0.15) is 45.4 Å². The number of hydrogen-bond acceptors (Lipinski definition) is 2. The van der Waals surface area contributed by atoms with Crippen molar-refractivity contribution in [2.45, 2.75) is 57.5 Å². The Morgan fingerprint density at radius 1 is 1.44 bits per heavy atom. The van der Waals surface area contributed by atoms with Gasteiger partial charge in [-0.05, 0) is 26.2 Å². The Morgan fingerprint density at radius 2 is 2.12 bits per heavy atom. The quantitative estimate of drug-likeness (QED) is 0.554. The van der Waals surface area contributed by atoms with E-state index < -0.39 is 0 Å². The molecule has 0 bridgehead atoms. The first-order chi connectivity index (χ1) is 7.72. The molecular weight excluding hydrogens is 202 g/mol. The van der Waals surface area contributed by atoms with E-state index in [0.29, 0.717) is 18.0 Å². The first-order valence-corrected chi connectivity index (χ1v) is 6.31. The zero-order valence-electron chi connectivity index (χ0n) is 10.5. The van der Waals surface area contributed by atoms with Crippen molar-refractivity contribution in [3.63, 3.8) is 0 Å². The molecule has 0 radical (unpaired) electrons. The zero-order chi connectivity index (χ0) is 11.8. The maximum Gasteiger partial charge on any atom is 0.189 e. The molecule has 1 rings (SSSR count). The van der Waals surface area contributed by atoms with E-state index in [1.54, 1.807) is 7.11 Å². The lowest BCUT2D eigenvalue weighted by atomic mass is 9.96. The molecule has 1 saturated carbocycles. The van der Waals surface area contributed by atoms with E-state index in [-0.39, 0.29) is 0 Å². The highest BCUT2D eigenvalue weighted by Gasteiger charge is 2.12. The summed E-state index contributed by atoms with van der Waals surface area (Å²) in [5.41, 5.74) is 5.88. The molecule has 4 nitrogen and oxygen atoms in total. The number of nitrogens with one attached hydrogen (secondary N) is 1. The van der Waals surface area contributed by atoms with Crippen LogP contribution >= 0.6 is 0 Å².